The van der Waals surface area contributed by atoms with E-state index in [0.717, 1.165) is 19.3 Å². The molecule has 0 heterocycles. The zero-order valence-corrected chi connectivity index (χ0v) is 19.6. The second-order valence-electron chi connectivity index (χ2n) is 8.66. The van der Waals surface area contributed by atoms with Gasteiger partial charge >= 0.3 is 5.97 Å². The molecule has 0 spiro atoms. The highest BCUT2D eigenvalue weighted by Gasteiger charge is 2.22. The van der Waals surface area contributed by atoms with Crippen LogP contribution in [0.2, 0.25) is 0 Å². The molecule has 4 nitrogen and oxygen atoms in total. The lowest BCUT2D eigenvalue weighted by molar-refractivity contribution is -0.137. The molecule has 0 amide bonds. The van der Waals surface area contributed by atoms with Gasteiger partial charge in [0.25, 0.3) is 0 Å². The summed E-state index contributed by atoms with van der Waals surface area (Å²) in [7, 11) is 0. The van der Waals surface area contributed by atoms with Crippen LogP contribution in [0.3, 0.4) is 0 Å². The van der Waals surface area contributed by atoms with Crippen LogP contribution in [0.25, 0.3) is 0 Å². The second-order valence-corrected chi connectivity index (χ2v) is 8.66. The molecule has 0 saturated carbocycles. The summed E-state index contributed by atoms with van der Waals surface area (Å²) in [5.74, 6) is -2.90. The van der Waals surface area contributed by atoms with Crippen molar-refractivity contribution in [2.45, 2.75) is 70.4 Å². The maximum Gasteiger partial charge on any atom is 0.303 e. The van der Waals surface area contributed by atoms with Crippen molar-refractivity contribution < 1.29 is 23.8 Å². The Balaban J connectivity index is 0.00000512. The maximum atomic E-state index is 14.5. The average Bonchev–Trinajstić information content (AvgIpc) is 2.73. The summed E-state index contributed by atoms with van der Waals surface area (Å²) in [6, 6.07) is 13.1. The van der Waals surface area contributed by atoms with Gasteiger partial charge in [0.1, 0.15) is 0 Å². The van der Waals surface area contributed by atoms with E-state index in [-0.39, 0.29) is 48.5 Å². The lowest BCUT2D eigenvalue weighted by Gasteiger charge is -2.28. The number of β-amino-alcohol motifs (C(OH)–C–C–N with tert-alkyl or cyclic N) is 1. The summed E-state index contributed by atoms with van der Waals surface area (Å²) in [5.41, 5.74) is 1.15. The lowest BCUT2D eigenvalue weighted by Crippen LogP contribution is -2.41. The van der Waals surface area contributed by atoms with Gasteiger partial charge in [-0.05, 0) is 63.5 Å². The number of hydrogen-bond acceptors (Lipinski definition) is 3. The van der Waals surface area contributed by atoms with Gasteiger partial charge in [-0.15, -0.1) is 12.4 Å². The first-order chi connectivity index (χ1) is 14.7. The maximum absolute atomic E-state index is 14.5. The Morgan fingerprint density at radius 2 is 1.69 bits per heavy atom. The molecule has 2 rings (SSSR count). The molecule has 0 fully saturated rings. The van der Waals surface area contributed by atoms with Gasteiger partial charge in [0.15, 0.2) is 11.6 Å². The van der Waals surface area contributed by atoms with Gasteiger partial charge in [0.2, 0.25) is 0 Å². The molecule has 7 heteroatoms. The van der Waals surface area contributed by atoms with Gasteiger partial charge < -0.3 is 15.5 Å². The number of hydrogen-bond donors (Lipinski definition) is 3. The van der Waals surface area contributed by atoms with E-state index in [1.54, 1.807) is 0 Å². The van der Waals surface area contributed by atoms with Crippen LogP contribution in [0.5, 0.6) is 0 Å². The van der Waals surface area contributed by atoms with E-state index in [1.165, 1.54) is 17.7 Å². The normalized spacial score (nSPS) is 12.3. The third-order valence-electron chi connectivity index (χ3n) is 5.52. The molecule has 2 aromatic rings. The van der Waals surface area contributed by atoms with Crippen molar-refractivity contribution in [2.24, 2.45) is 0 Å². The molecule has 2 aromatic carbocycles. The third kappa shape index (κ3) is 9.23. The fraction of sp³-hybridized carbons (Fsp3) is 0.480. The third-order valence-corrected chi connectivity index (χ3v) is 5.52. The van der Waals surface area contributed by atoms with Crippen molar-refractivity contribution in [3.8, 4) is 0 Å². The number of halogens is 3. The highest BCUT2D eigenvalue weighted by Crippen LogP contribution is 2.24. The van der Waals surface area contributed by atoms with Crippen molar-refractivity contribution in [2.75, 3.05) is 6.54 Å². The molecule has 3 N–H and O–H groups in total. The summed E-state index contributed by atoms with van der Waals surface area (Å²) in [6.45, 7) is 4.18. The van der Waals surface area contributed by atoms with Gasteiger partial charge in [-0.3, -0.25) is 4.79 Å². The van der Waals surface area contributed by atoms with Gasteiger partial charge in [0.05, 0.1) is 6.10 Å². The highest BCUT2D eigenvalue weighted by molar-refractivity contribution is 5.85. The first-order valence-corrected chi connectivity index (χ1v) is 10.8. The fourth-order valence-corrected chi connectivity index (χ4v) is 3.60. The standard InChI is InChI=1S/C25H33F2NO3.ClH/c1-25(2,16-8-11-18-9-4-3-5-10-18)28-17-21(29)20-15-14-19(23(26)24(20)27)12-6-7-13-22(30)31;/h3-5,9-10,14-15,21,28-29H,6-8,11-13,16-17H2,1-2H3,(H,30,31);1H/t21-;/m1./s1. The van der Waals surface area contributed by atoms with Crippen LogP contribution in [0.15, 0.2) is 42.5 Å². The molecule has 0 saturated heterocycles. The van der Waals surface area contributed by atoms with Crippen molar-refractivity contribution in [1.29, 1.82) is 0 Å². The Labute approximate surface area is 195 Å². The molecule has 0 aliphatic carbocycles. The molecule has 0 bridgehead atoms. The molecule has 0 aliphatic heterocycles. The number of aliphatic hydroxyl groups excluding tert-OH is 1. The Kier molecular flexibility index (Phi) is 11.8. The van der Waals surface area contributed by atoms with Gasteiger partial charge in [-0.25, -0.2) is 8.78 Å². The number of rotatable bonds is 13. The minimum Gasteiger partial charge on any atom is -0.481 e. The summed E-state index contributed by atoms with van der Waals surface area (Å²) in [4.78, 5) is 10.5. The quantitative estimate of drug-likeness (QED) is 0.333. The van der Waals surface area contributed by atoms with Crippen LogP contribution in [-0.2, 0) is 17.6 Å². The van der Waals surface area contributed by atoms with E-state index < -0.39 is 23.7 Å². The minimum atomic E-state index is -1.16. The fourth-order valence-electron chi connectivity index (χ4n) is 3.60. The van der Waals surface area contributed by atoms with Crippen LogP contribution in [0, 0.1) is 11.6 Å². The summed E-state index contributed by atoms with van der Waals surface area (Å²) >= 11 is 0. The van der Waals surface area contributed by atoms with E-state index in [0.29, 0.717) is 12.8 Å². The van der Waals surface area contributed by atoms with E-state index in [2.05, 4.69) is 17.4 Å². The van der Waals surface area contributed by atoms with Crippen molar-refractivity contribution in [3.63, 3.8) is 0 Å². The van der Waals surface area contributed by atoms with Crippen molar-refractivity contribution >= 4 is 18.4 Å². The number of benzene rings is 2. The molecule has 0 unspecified atom stereocenters. The SMILES string of the molecule is CC(C)(CCCc1ccccc1)NC[C@@H](O)c1ccc(CCCCC(=O)O)c(F)c1F.Cl. The number of aliphatic hydroxyl groups is 1. The zero-order chi connectivity index (χ0) is 22.9. The molecular formula is C25H34ClF2NO3. The second kappa shape index (κ2) is 13.5. The summed E-state index contributed by atoms with van der Waals surface area (Å²) < 4.78 is 28.9. The number of carboxylic acids is 1. The number of nitrogens with one attached hydrogen (secondary N) is 1. The smallest absolute Gasteiger partial charge is 0.303 e. The topological polar surface area (TPSA) is 69.6 Å². The molecule has 0 aliphatic rings. The lowest BCUT2D eigenvalue weighted by atomic mass is 9.94. The Bertz CT molecular complexity index is 847. The van der Waals surface area contributed by atoms with Crippen molar-refractivity contribution in [1.82, 2.24) is 5.32 Å². The minimum absolute atomic E-state index is 0. The van der Waals surface area contributed by atoms with Crippen LogP contribution in [0.1, 0.15) is 68.7 Å². The van der Waals surface area contributed by atoms with E-state index in [1.807, 2.05) is 32.0 Å². The number of aryl methyl sites for hydroxylation is 2. The van der Waals surface area contributed by atoms with Crippen LogP contribution in [0.4, 0.5) is 8.78 Å². The molecule has 178 valence electrons. The van der Waals surface area contributed by atoms with Gasteiger partial charge in [-0.1, -0.05) is 42.5 Å². The monoisotopic (exact) mass is 469 g/mol. The largest absolute Gasteiger partial charge is 0.481 e. The molecule has 1 atom stereocenters. The first-order valence-electron chi connectivity index (χ1n) is 10.8. The van der Waals surface area contributed by atoms with E-state index >= 15 is 0 Å². The van der Waals surface area contributed by atoms with E-state index in [4.69, 9.17) is 5.11 Å². The predicted molar refractivity (Wildman–Crippen MR) is 125 cm³/mol. The zero-order valence-electron chi connectivity index (χ0n) is 18.7. The van der Waals surface area contributed by atoms with Crippen LogP contribution < -0.4 is 5.32 Å². The Morgan fingerprint density at radius 1 is 1.00 bits per heavy atom. The summed E-state index contributed by atoms with van der Waals surface area (Å²) in [6.07, 6.45) is 2.78. The number of carbonyl (C=O) groups is 1. The number of carboxylic acid groups (broad SMARTS) is 1. The summed E-state index contributed by atoms with van der Waals surface area (Å²) in [5, 5.41) is 22.3. The predicted octanol–water partition coefficient (Wildman–Crippen LogP) is 5.61. The Morgan fingerprint density at radius 3 is 2.34 bits per heavy atom. The van der Waals surface area contributed by atoms with Crippen LogP contribution >= 0.6 is 12.4 Å². The van der Waals surface area contributed by atoms with Crippen molar-refractivity contribution in [3.05, 3.63) is 70.8 Å². The Hall–Kier alpha value is -2.02. The number of aliphatic carboxylic acids is 1. The van der Waals surface area contributed by atoms with Gasteiger partial charge in [0, 0.05) is 24.1 Å². The molecule has 0 radical (unpaired) electrons. The average molecular weight is 470 g/mol. The molecular weight excluding hydrogens is 436 g/mol. The number of unbranched alkanes of at least 4 members (excludes halogenated alkanes) is 1. The molecule has 32 heavy (non-hydrogen) atoms. The van der Waals surface area contributed by atoms with Gasteiger partial charge in [-0.2, -0.15) is 0 Å². The molecule has 0 aromatic heterocycles. The first kappa shape index (κ1) is 28.0. The highest BCUT2D eigenvalue weighted by atomic mass is 35.5. The van der Waals surface area contributed by atoms with E-state index in [9.17, 15) is 18.7 Å². The van der Waals surface area contributed by atoms with Crippen LogP contribution in [-0.4, -0.2) is 28.3 Å².